The minimum Gasteiger partial charge on any atom is -0.264 e. The zero-order valence-corrected chi connectivity index (χ0v) is 5.31. The first-order chi connectivity index (χ1) is 4.52. The fourth-order valence-electron chi connectivity index (χ4n) is 0.424. The van der Waals surface area contributed by atoms with Gasteiger partial charge in [-0.25, -0.2) is 0 Å². The molecule has 0 aliphatic rings. The maximum atomic E-state index is 9.73. The smallest absolute Gasteiger partial charge is 0.239 e. The van der Waals surface area contributed by atoms with Crippen LogP contribution in [-0.4, -0.2) is 16.4 Å². The zero-order chi connectivity index (χ0) is 8.15. The van der Waals surface area contributed by atoms with E-state index in [1.807, 2.05) is 0 Å². The third-order valence-corrected chi connectivity index (χ3v) is 0.704. The average Bonchev–Trinajstić information content (AvgIpc) is 1.58. The molecule has 0 aliphatic carbocycles. The lowest BCUT2D eigenvalue weighted by Gasteiger charge is -1.87. The topological polar surface area (TPSA) is 86.3 Å². The first-order valence-corrected chi connectivity index (χ1v) is 2.45. The fourth-order valence-corrected chi connectivity index (χ4v) is 0.424. The summed E-state index contributed by atoms with van der Waals surface area (Å²) in [6.07, 6.45) is 0.628. The Balaban J connectivity index is 3.95. The highest BCUT2D eigenvalue weighted by Crippen LogP contribution is 1.91. The summed E-state index contributed by atoms with van der Waals surface area (Å²) < 4.78 is 0. The van der Waals surface area contributed by atoms with Gasteiger partial charge >= 0.3 is 0 Å². The van der Waals surface area contributed by atoms with Crippen molar-refractivity contribution in [2.75, 3.05) is 6.54 Å². The van der Waals surface area contributed by atoms with E-state index in [1.54, 1.807) is 0 Å². The molecule has 0 aromatic carbocycles. The highest BCUT2D eigenvalue weighted by Gasteiger charge is 2.02. The molecule has 0 heterocycles. The first-order valence-electron chi connectivity index (χ1n) is 2.45. The van der Waals surface area contributed by atoms with Crippen molar-refractivity contribution in [1.29, 1.82) is 0 Å². The predicted octanol–water partition coefficient (Wildman–Crippen LogP) is 0.444. The molecule has 56 valence electrons. The van der Waals surface area contributed by atoms with Gasteiger partial charge in [-0.05, 0) is 6.92 Å². The average molecular weight is 146 g/mol. The molecule has 0 spiro atoms. The number of nitro groups is 2. The maximum absolute atomic E-state index is 9.73. The van der Waals surface area contributed by atoms with Crippen molar-refractivity contribution in [3.63, 3.8) is 0 Å². The summed E-state index contributed by atoms with van der Waals surface area (Å²) in [6.45, 7) is 0.868. The second-order valence-corrected chi connectivity index (χ2v) is 1.75. The minimum atomic E-state index is -0.709. The second-order valence-electron chi connectivity index (χ2n) is 1.75. The van der Waals surface area contributed by atoms with Crippen molar-refractivity contribution in [2.45, 2.75) is 6.92 Å². The molecular weight excluding hydrogens is 140 g/mol. The van der Waals surface area contributed by atoms with Crippen LogP contribution < -0.4 is 0 Å². The van der Waals surface area contributed by atoms with Gasteiger partial charge in [0.25, 0.3) is 0 Å². The Kier molecular flexibility index (Phi) is 3.03. The van der Waals surface area contributed by atoms with Crippen LogP contribution in [0.3, 0.4) is 0 Å². The van der Waals surface area contributed by atoms with Gasteiger partial charge in [0.2, 0.25) is 12.7 Å². The van der Waals surface area contributed by atoms with Crippen molar-refractivity contribution in [3.05, 3.63) is 32.0 Å². The monoisotopic (exact) mass is 146 g/mol. The van der Waals surface area contributed by atoms with E-state index in [9.17, 15) is 20.2 Å². The van der Waals surface area contributed by atoms with E-state index >= 15 is 0 Å². The van der Waals surface area contributed by atoms with E-state index in [0.717, 1.165) is 0 Å². The van der Waals surface area contributed by atoms with Gasteiger partial charge in [0, 0.05) is 4.92 Å². The van der Waals surface area contributed by atoms with Gasteiger partial charge < -0.3 is 0 Å². The predicted molar refractivity (Wildman–Crippen MR) is 32.6 cm³/mol. The molecule has 0 radical (unpaired) electrons. The lowest BCUT2D eigenvalue weighted by atomic mass is 10.3. The summed E-state index contributed by atoms with van der Waals surface area (Å²) in [5.41, 5.74) is 0.134. The molecular formula is C4H6N2O4. The SMILES string of the molecule is C/C(=C\[N+](=O)[O-])C[N+](=O)[O-]. The molecule has 0 N–H and O–H groups in total. The summed E-state index contributed by atoms with van der Waals surface area (Å²) in [7, 11) is 0. The number of rotatable bonds is 3. The summed E-state index contributed by atoms with van der Waals surface area (Å²) in [5.74, 6) is 0. The highest BCUT2D eigenvalue weighted by atomic mass is 16.6. The fraction of sp³-hybridized carbons (Fsp3) is 0.500. The van der Waals surface area contributed by atoms with E-state index in [1.165, 1.54) is 6.92 Å². The van der Waals surface area contributed by atoms with Crippen molar-refractivity contribution in [1.82, 2.24) is 0 Å². The summed E-state index contributed by atoms with van der Waals surface area (Å²) in [5, 5.41) is 19.4. The van der Waals surface area contributed by atoms with E-state index in [4.69, 9.17) is 0 Å². The number of hydrogen-bond donors (Lipinski definition) is 0. The van der Waals surface area contributed by atoms with Crippen LogP contribution in [0.1, 0.15) is 6.92 Å². The molecule has 0 atom stereocenters. The van der Waals surface area contributed by atoms with E-state index in [-0.39, 0.29) is 5.57 Å². The third kappa shape index (κ3) is 4.69. The molecule has 0 bridgehead atoms. The Morgan fingerprint density at radius 3 is 2.30 bits per heavy atom. The highest BCUT2D eigenvalue weighted by molar-refractivity contribution is 4.91. The Bertz CT molecular complexity index is 186. The van der Waals surface area contributed by atoms with Crippen LogP contribution in [-0.2, 0) is 0 Å². The normalized spacial score (nSPS) is 11.1. The van der Waals surface area contributed by atoms with E-state index < -0.39 is 16.4 Å². The third-order valence-electron chi connectivity index (χ3n) is 0.704. The molecule has 0 aromatic rings. The van der Waals surface area contributed by atoms with Crippen LogP contribution in [0.5, 0.6) is 0 Å². The Morgan fingerprint density at radius 2 is 2.00 bits per heavy atom. The molecule has 0 amide bonds. The Hall–Kier alpha value is -1.46. The molecule has 6 heteroatoms. The standard InChI is InChI=1S/C4H6N2O4/c1-4(2-5(7)8)3-6(9)10/h2H,3H2,1H3/b4-2+. The molecule has 6 nitrogen and oxygen atoms in total. The van der Waals surface area contributed by atoms with Crippen LogP contribution in [0.15, 0.2) is 11.8 Å². The van der Waals surface area contributed by atoms with Gasteiger partial charge in [-0.1, -0.05) is 0 Å². The van der Waals surface area contributed by atoms with Gasteiger partial charge in [0.1, 0.15) is 0 Å². The van der Waals surface area contributed by atoms with Crippen LogP contribution in [0, 0.1) is 20.2 Å². The minimum absolute atomic E-state index is 0.134. The molecule has 10 heavy (non-hydrogen) atoms. The number of hydrogen-bond acceptors (Lipinski definition) is 4. The summed E-state index contributed by atoms with van der Waals surface area (Å²) >= 11 is 0. The molecule has 0 aromatic heterocycles. The van der Waals surface area contributed by atoms with Gasteiger partial charge in [0.05, 0.1) is 10.5 Å². The van der Waals surface area contributed by atoms with Crippen LogP contribution in [0.25, 0.3) is 0 Å². The molecule has 0 saturated heterocycles. The van der Waals surface area contributed by atoms with Crippen LogP contribution >= 0.6 is 0 Å². The van der Waals surface area contributed by atoms with E-state index in [0.29, 0.717) is 6.20 Å². The first kappa shape index (κ1) is 8.54. The van der Waals surface area contributed by atoms with Crippen molar-refractivity contribution >= 4 is 0 Å². The largest absolute Gasteiger partial charge is 0.264 e. The van der Waals surface area contributed by atoms with Gasteiger partial charge in [-0.3, -0.25) is 20.2 Å². The summed E-state index contributed by atoms with van der Waals surface area (Å²) in [4.78, 5) is 18.1. The Morgan fingerprint density at radius 1 is 1.50 bits per heavy atom. The van der Waals surface area contributed by atoms with Crippen molar-refractivity contribution < 1.29 is 9.85 Å². The van der Waals surface area contributed by atoms with Crippen molar-refractivity contribution in [3.8, 4) is 0 Å². The van der Waals surface area contributed by atoms with Gasteiger partial charge in [-0.2, -0.15) is 0 Å². The van der Waals surface area contributed by atoms with Crippen molar-refractivity contribution in [2.24, 2.45) is 0 Å². The quantitative estimate of drug-likeness (QED) is 0.427. The van der Waals surface area contributed by atoms with E-state index in [2.05, 4.69) is 0 Å². The number of nitrogens with zero attached hydrogens (tertiary/aromatic N) is 2. The second kappa shape index (κ2) is 3.54. The lowest BCUT2D eigenvalue weighted by Crippen LogP contribution is -2.03. The molecule has 0 aliphatic heterocycles. The van der Waals surface area contributed by atoms with Gasteiger partial charge in [-0.15, -0.1) is 0 Å². The summed E-state index contributed by atoms with van der Waals surface area (Å²) in [6, 6.07) is 0. The molecule has 0 unspecified atom stereocenters. The van der Waals surface area contributed by atoms with Crippen LogP contribution in [0.2, 0.25) is 0 Å². The molecule has 0 fully saturated rings. The molecule has 0 saturated carbocycles. The van der Waals surface area contributed by atoms with Gasteiger partial charge in [0.15, 0.2) is 0 Å². The lowest BCUT2D eigenvalue weighted by molar-refractivity contribution is -0.473. The molecule has 0 rings (SSSR count). The Labute approximate surface area is 56.5 Å². The maximum Gasteiger partial charge on any atom is 0.239 e. The van der Waals surface area contributed by atoms with Crippen LogP contribution in [0.4, 0.5) is 0 Å². The zero-order valence-electron chi connectivity index (χ0n) is 5.31.